The normalized spacial score (nSPS) is 17.4. The van der Waals surface area contributed by atoms with E-state index in [2.05, 4.69) is 27.3 Å². The third-order valence-electron chi connectivity index (χ3n) is 4.56. The topological polar surface area (TPSA) is 83.3 Å². The third kappa shape index (κ3) is 4.87. The number of β-amino-alcohol motifs (C(OH)–C–C–N with tert-alkyl or cyclic N) is 1. The van der Waals surface area contributed by atoms with Crippen LogP contribution in [-0.4, -0.2) is 63.2 Å². The van der Waals surface area contributed by atoms with E-state index in [1.54, 1.807) is 0 Å². The number of likely N-dealkylation sites (tertiary alicyclic amines) is 1. The van der Waals surface area contributed by atoms with Gasteiger partial charge in [0.25, 0.3) is 5.91 Å². The predicted molar refractivity (Wildman–Crippen MR) is 94.5 cm³/mol. The molecule has 0 aliphatic carbocycles. The Balaban J connectivity index is 1.47. The number of hydrogen-bond acceptors (Lipinski definition) is 5. The van der Waals surface area contributed by atoms with Crippen LogP contribution < -0.4 is 5.32 Å². The van der Waals surface area contributed by atoms with E-state index in [1.165, 1.54) is 23.8 Å². The van der Waals surface area contributed by atoms with Gasteiger partial charge in [-0.1, -0.05) is 25.1 Å². The summed E-state index contributed by atoms with van der Waals surface area (Å²) >= 11 is 0. The second-order valence-corrected chi connectivity index (χ2v) is 6.70. The summed E-state index contributed by atoms with van der Waals surface area (Å²) in [6.45, 7) is 5.08. The molecular formula is C18H25N5O2. The molecule has 1 aliphatic rings. The Kier molecular flexibility index (Phi) is 5.78. The Bertz CT molecular complexity index is 680. The van der Waals surface area contributed by atoms with Crippen molar-refractivity contribution in [2.24, 2.45) is 5.92 Å². The molecule has 25 heavy (non-hydrogen) atoms. The molecule has 7 heteroatoms. The summed E-state index contributed by atoms with van der Waals surface area (Å²) in [5.74, 6) is 0.439. The lowest BCUT2D eigenvalue weighted by atomic mass is 9.99. The Morgan fingerprint density at radius 2 is 2.04 bits per heavy atom. The van der Waals surface area contributed by atoms with Crippen LogP contribution in [0.1, 0.15) is 30.3 Å². The Morgan fingerprint density at radius 1 is 1.32 bits per heavy atom. The highest BCUT2D eigenvalue weighted by molar-refractivity contribution is 5.91. The highest BCUT2D eigenvalue weighted by Crippen LogP contribution is 2.15. The van der Waals surface area contributed by atoms with Crippen LogP contribution in [0.4, 0.5) is 0 Å². The van der Waals surface area contributed by atoms with Gasteiger partial charge >= 0.3 is 0 Å². The monoisotopic (exact) mass is 343 g/mol. The molecule has 0 saturated carbocycles. The van der Waals surface area contributed by atoms with Crippen molar-refractivity contribution in [1.82, 2.24) is 25.2 Å². The number of rotatable bonds is 6. The molecule has 0 radical (unpaired) electrons. The summed E-state index contributed by atoms with van der Waals surface area (Å²) in [4.78, 5) is 15.8. The molecule has 1 fully saturated rings. The standard InChI is InChI=1S/C18H25N5O2/c1-14-7-9-22(10-8-14)13-16(24)11-19-18(25)17-12-20-23(21-17)15-5-3-2-4-6-15/h2-6,12,14,16,24H,7-11,13H2,1H3,(H,19,25). The molecule has 1 unspecified atom stereocenters. The lowest BCUT2D eigenvalue weighted by molar-refractivity contribution is 0.0792. The van der Waals surface area contributed by atoms with Gasteiger partial charge in [-0.05, 0) is 44.0 Å². The van der Waals surface area contributed by atoms with Crippen LogP contribution in [0.3, 0.4) is 0 Å². The molecule has 7 nitrogen and oxygen atoms in total. The molecular weight excluding hydrogens is 318 g/mol. The number of nitrogens with one attached hydrogen (secondary N) is 1. The summed E-state index contributed by atoms with van der Waals surface area (Å²) in [6.07, 6.45) is 3.19. The minimum Gasteiger partial charge on any atom is -0.390 e. The predicted octanol–water partition coefficient (Wildman–Crippen LogP) is 1.09. The van der Waals surface area contributed by atoms with E-state index in [0.717, 1.165) is 24.7 Å². The largest absolute Gasteiger partial charge is 0.390 e. The molecule has 1 aromatic heterocycles. The number of carbonyl (C=O) groups is 1. The summed E-state index contributed by atoms with van der Waals surface area (Å²) in [5.41, 5.74) is 1.03. The molecule has 1 saturated heterocycles. The molecule has 0 bridgehead atoms. The Morgan fingerprint density at radius 3 is 2.76 bits per heavy atom. The van der Waals surface area contributed by atoms with Crippen LogP contribution in [0.25, 0.3) is 5.69 Å². The highest BCUT2D eigenvalue weighted by atomic mass is 16.3. The molecule has 1 aliphatic heterocycles. The van der Waals surface area contributed by atoms with Crippen LogP contribution in [0.5, 0.6) is 0 Å². The maximum Gasteiger partial charge on any atom is 0.273 e. The van der Waals surface area contributed by atoms with E-state index in [1.807, 2.05) is 30.3 Å². The number of amides is 1. The summed E-state index contributed by atoms with van der Waals surface area (Å²) in [7, 11) is 0. The number of piperidine rings is 1. The smallest absolute Gasteiger partial charge is 0.273 e. The first kappa shape index (κ1) is 17.6. The van der Waals surface area contributed by atoms with Crippen molar-refractivity contribution in [2.45, 2.75) is 25.9 Å². The fraction of sp³-hybridized carbons (Fsp3) is 0.500. The van der Waals surface area contributed by atoms with Crippen LogP contribution in [0, 0.1) is 5.92 Å². The van der Waals surface area contributed by atoms with Gasteiger partial charge in [0.15, 0.2) is 5.69 Å². The minimum absolute atomic E-state index is 0.211. The van der Waals surface area contributed by atoms with E-state index in [-0.39, 0.29) is 18.1 Å². The Labute approximate surface area is 147 Å². The molecule has 3 rings (SSSR count). The Hall–Kier alpha value is -2.25. The van der Waals surface area contributed by atoms with E-state index in [4.69, 9.17) is 0 Å². The lowest BCUT2D eigenvalue weighted by Gasteiger charge is -2.31. The second kappa shape index (κ2) is 8.22. The van der Waals surface area contributed by atoms with Gasteiger partial charge in [-0.25, -0.2) is 0 Å². The molecule has 134 valence electrons. The number of benzene rings is 1. The van der Waals surface area contributed by atoms with E-state index in [0.29, 0.717) is 6.54 Å². The van der Waals surface area contributed by atoms with Gasteiger partial charge in [-0.15, -0.1) is 5.10 Å². The van der Waals surface area contributed by atoms with Crippen molar-refractivity contribution in [2.75, 3.05) is 26.2 Å². The molecule has 0 spiro atoms. The lowest BCUT2D eigenvalue weighted by Crippen LogP contribution is -2.43. The zero-order valence-electron chi connectivity index (χ0n) is 14.5. The van der Waals surface area contributed by atoms with Gasteiger partial charge in [-0.2, -0.15) is 9.90 Å². The van der Waals surface area contributed by atoms with Crippen LogP contribution in [0.15, 0.2) is 36.5 Å². The molecule has 2 aromatic rings. The van der Waals surface area contributed by atoms with Crippen molar-refractivity contribution < 1.29 is 9.90 Å². The first-order valence-corrected chi connectivity index (χ1v) is 8.78. The first-order valence-electron chi connectivity index (χ1n) is 8.78. The average molecular weight is 343 g/mol. The molecule has 2 heterocycles. The van der Waals surface area contributed by atoms with Crippen molar-refractivity contribution in [3.63, 3.8) is 0 Å². The molecule has 1 aromatic carbocycles. The third-order valence-corrected chi connectivity index (χ3v) is 4.56. The number of hydrogen-bond donors (Lipinski definition) is 2. The zero-order valence-corrected chi connectivity index (χ0v) is 14.5. The summed E-state index contributed by atoms with van der Waals surface area (Å²) in [5, 5.41) is 21.2. The molecule has 1 amide bonds. The van der Waals surface area contributed by atoms with Crippen molar-refractivity contribution in [3.8, 4) is 5.69 Å². The van der Waals surface area contributed by atoms with E-state index < -0.39 is 6.10 Å². The minimum atomic E-state index is -0.582. The molecule has 2 N–H and O–H groups in total. The zero-order chi connectivity index (χ0) is 17.6. The fourth-order valence-corrected chi connectivity index (χ4v) is 2.96. The highest BCUT2D eigenvalue weighted by Gasteiger charge is 2.19. The maximum absolute atomic E-state index is 12.2. The SMILES string of the molecule is CC1CCN(CC(O)CNC(=O)c2cnn(-c3ccccc3)n2)CC1. The van der Waals surface area contributed by atoms with Gasteiger partial charge in [0.1, 0.15) is 0 Å². The van der Waals surface area contributed by atoms with Gasteiger partial charge in [-0.3, -0.25) is 4.79 Å². The van der Waals surface area contributed by atoms with Crippen LogP contribution in [-0.2, 0) is 0 Å². The second-order valence-electron chi connectivity index (χ2n) is 6.70. The van der Waals surface area contributed by atoms with E-state index in [9.17, 15) is 9.90 Å². The first-order chi connectivity index (χ1) is 12.1. The maximum atomic E-state index is 12.2. The van der Waals surface area contributed by atoms with Gasteiger partial charge in [0.05, 0.1) is 18.0 Å². The van der Waals surface area contributed by atoms with E-state index >= 15 is 0 Å². The molecule has 1 atom stereocenters. The van der Waals surface area contributed by atoms with Crippen molar-refractivity contribution in [3.05, 3.63) is 42.2 Å². The number of carbonyl (C=O) groups excluding carboxylic acids is 1. The van der Waals surface area contributed by atoms with Crippen molar-refractivity contribution >= 4 is 5.91 Å². The van der Waals surface area contributed by atoms with Crippen molar-refractivity contribution in [1.29, 1.82) is 0 Å². The number of nitrogens with zero attached hydrogens (tertiary/aromatic N) is 4. The van der Waals surface area contributed by atoms with Crippen LogP contribution >= 0.6 is 0 Å². The number of aromatic nitrogens is 3. The number of para-hydroxylation sites is 1. The summed E-state index contributed by atoms with van der Waals surface area (Å²) in [6, 6.07) is 9.41. The van der Waals surface area contributed by atoms with Gasteiger partial charge in [0, 0.05) is 13.1 Å². The summed E-state index contributed by atoms with van der Waals surface area (Å²) < 4.78 is 0. The van der Waals surface area contributed by atoms with Crippen LogP contribution in [0.2, 0.25) is 0 Å². The number of aliphatic hydroxyl groups is 1. The van der Waals surface area contributed by atoms with Gasteiger partial charge in [0.2, 0.25) is 0 Å². The van der Waals surface area contributed by atoms with Gasteiger partial charge < -0.3 is 15.3 Å². The quantitative estimate of drug-likeness (QED) is 0.820. The average Bonchev–Trinajstić information content (AvgIpc) is 3.13. The number of aliphatic hydroxyl groups excluding tert-OH is 1. The fourth-order valence-electron chi connectivity index (χ4n) is 2.96.